The van der Waals surface area contributed by atoms with Crippen LogP contribution in [0, 0.1) is 11.3 Å². The highest BCUT2D eigenvalue weighted by molar-refractivity contribution is 7.89. The number of esters is 1. The average Bonchev–Trinajstić information content (AvgIpc) is 2.83. The average molecular weight is 464 g/mol. The van der Waals surface area contributed by atoms with Gasteiger partial charge in [0.1, 0.15) is 0 Å². The van der Waals surface area contributed by atoms with Gasteiger partial charge in [0.15, 0.2) is 6.10 Å². The van der Waals surface area contributed by atoms with Crippen LogP contribution in [0.15, 0.2) is 83.8 Å². The van der Waals surface area contributed by atoms with Gasteiger partial charge in [0.25, 0.3) is 5.91 Å². The molecule has 1 unspecified atom stereocenters. The number of nitrogens with one attached hydrogen (secondary N) is 2. The van der Waals surface area contributed by atoms with E-state index in [1.807, 2.05) is 12.1 Å². The first kappa shape index (κ1) is 23.7. The molecule has 0 spiro atoms. The second-order valence-electron chi connectivity index (χ2n) is 7.07. The minimum atomic E-state index is -3.87. The molecule has 0 bridgehead atoms. The number of hydrogen-bond donors (Lipinski definition) is 2. The number of carbonyl (C=O) groups is 2. The molecule has 0 aliphatic rings. The highest BCUT2D eigenvalue weighted by Gasteiger charge is 2.21. The number of anilines is 1. The third-order valence-corrected chi connectivity index (χ3v) is 6.00. The van der Waals surface area contributed by atoms with Crippen molar-refractivity contribution >= 4 is 27.6 Å². The molecule has 8 nitrogen and oxygen atoms in total. The van der Waals surface area contributed by atoms with Crippen LogP contribution in [0.1, 0.15) is 28.4 Å². The Morgan fingerprint density at radius 2 is 1.73 bits per heavy atom. The quantitative estimate of drug-likeness (QED) is 0.494. The molecule has 1 amide bonds. The van der Waals surface area contributed by atoms with Gasteiger partial charge in [0.2, 0.25) is 10.0 Å². The molecule has 168 valence electrons. The molecule has 0 fully saturated rings. The topological polar surface area (TPSA) is 125 Å². The van der Waals surface area contributed by atoms with Crippen molar-refractivity contribution in [3.63, 3.8) is 0 Å². The molecule has 3 rings (SSSR count). The predicted molar refractivity (Wildman–Crippen MR) is 122 cm³/mol. The molecule has 33 heavy (non-hydrogen) atoms. The SMILES string of the molecule is CC(OC(=O)c1cccc(S(=O)(=O)NCc2ccccc2)c1)C(=O)Nc1cccc(C#N)c1. The minimum Gasteiger partial charge on any atom is -0.449 e. The van der Waals surface area contributed by atoms with Crippen LogP contribution in [0.25, 0.3) is 0 Å². The van der Waals surface area contributed by atoms with E-state index in [0.717, 1.165) is 5.56 Å². The zero-order valence-electron chi connectivity index (χ0n) is 17.7. The van der Waals surface area contributed by atoms with E-state index >= 15 is 0 Å². The fraction of sp³-hybridized carbons (Fsp3) is 0.125. The second-order valence-corrected chi connectivity index (χ2v) is 8.83. The lowest BCUT2D eigenvalue weighted by Gasteiger charge is -2.14. The summed E-state index contributed by atoms with van der Waals surface area (Å²) in [5, 5.41) is 11.5. The van der Waals surface area contributed by atoms with Gasteiger partial charge >= 0.3 is 5.97 Å². The van der Waals surface area contributed by atoms with E-state index < -0.39 is 28.0 Å². The Balaban J connectivity index is 1.64. The van der Waals surface area contributed by atoms with Crippen LogP contribution >= 0.6 is 0 Å². The molecule has 0 saturated carbocycles. The number of rotatable bonds is 8. The summed E-state index contributed by atoms with van der Waals surface area (Å²) in [6.07, 6.45) is -1.15. The fourth-order valence-corrected chi connectivity index (χ4v) is 3.90. The lowest BCUT2D eigenvalue weighted by atomic mass is 10.2. The van der Waals surface area contributed by atoms with Crippen molar-refractivity contribution in [2.45, 2.75) is 24.5 Å². The molecule has 0 radical (unpaired) electrons. The monoisotopic (exact) mass is 463 g/mol. The molecule has 0 aliphatic carbocycles. The lowest BCUT2D eigenvalue weighted by Crippen LogP contribution is -2.30. The van der Waals surface area contributed by atoms with Gasteiger partial charge in [-0.2, -0.15) is 5.26 Å². The van der Waals surface area contributed by atoms with Crippen LogP contribution in [0.4, 0.5) is 5.69 Å². The first-order valence-corrected chi connectivity index (χ1v) is 11.4. The zero-order chi connectivity index (χ0) is 23.8. The standard InChI is InChI=1S/C24H21N3O5S/c1-17(23(28)27-21-11-5-9-19(13-21)15-25)32-24(29)20-10-6-12-22(14-20)33(30,31)26-16-18-7-3-2-4-8-18/h2-14,17,26H,16H2,1H3,(H,27,28). The van der Waals surface area contributed by atoms with E-state index in [-0.39, 0.29) is 17.0 Å². The Bertz CT molecular complexity index is 1300. The van der Waals surface area contributed by atoms with Crippen LogP contribution in [0.2, 0.25) is 0 Å². The Hall–Kier alpha value is -4.00. The van der Waals surface area contributed by atoms with E-state index in [1.165, 1.54) is 37.3 Å². The zero-order valence-corrected chi connectivity index (χ0v) is 18.5. The maximum atomic E-state index is 12.6. The van der Waals surface area contributed by atoms with Gasteiger partial charge in [0, 0.05) is 12.2 Å². The Labute approximate surface area is 191 Å². The maximum Gasteiger partial charge on any atom is 0.338 e. The van der Waals surface area contributed by atoms with Gasteiger partial charge in [-0.3, -0.25) is 4.79 Å². The summed E-state index contributed by atoms with van der Waals surface area (Å²) in [4.78, 5) is 24.8. The van der Waals surface area contributed by atoms with E-state index in [2.05, 4.69) is 10.0 Å². The van der Waals surface area contributed by atoms with E-state index in [4.69, 9.17) is 10.00 Å². The van der Waals surface area contributed by atoms with Crippen molar-refractivity contribution in [1.82, 2.24) is 4.72 Å². The number of ether oxygens (including phenoxy) is 1. The molecule has 0 aliphatic heterocycles. The van der Waals surface area contributed by atoms with Gasteiger partial charge in [0.05, 0.1) is 22.1 Å². The number of sulfonamides is 1. The minimum absolute atomic E-state index is 0.0105. The van der Waals surface area contributed by atoms with E-state index in [1.54, 1.807) is 42.5 Å². The summed E-state index contributed by atoms with van der Waals surface area (Å²) >= 11 is 0. The van der Waals surface area contributed by atoms with Crippen LogP contribution in [-0.4, -0.2) is 26.4 Å². The van der Waals surface area contributed by atoms with Crippen LogP contribution in [0.5, 0.6) is 0 Å². The van der Waals surface area contributed by atoms with Gasteiger partial charge in [-0.25, -0.2) is 17.9 Å². The van der Waals surface area contributed by atoms with Crippen LogP contribution < -0.4 is 10.0 Å². The maximum absolute atomic E-state index is 12.6. The molecule has 1 atom stereocenters. The molecule has 0 saturated heterocycles. The predicted octanol–water partition coefficient (Wildman–Crippen LogP) is 3.22. The summed E-state index contributed by atoms with van der Waals surface area (Å²) in [6, 6.07) is 22.7. The van der Waals surface area contributed by atoms with Gasteiger partial charge < -0.3 is 10.1 Å². The van der Waals surface area contributed by atoms with Crippen molar-refractivity contribution in [2.24, 2.45) is 0 Å². The van der Waals surface area contributed by atoms with E-state index in [0.29, 0.717) is 11.3 Å². The molecular formula is C24H21N3O5S. The first-order chi connectivity index (χ1) is 15.8. The van der Waals surface area contributed by atoms with Crippen LogP contribution in [0.3, 0.4) is 0 Å². The second kappa shape index (κ2) is 10.5. The lowest BCUT2D eigenvalue weighted by molar-refractivity contribution is -0.123. The van der Waals surface area contributed by atoms with Gasteiger partial charge in [-0.15, -0.1) is 0 Å². The summed E-state index contributed by atoms with van der Waals surface area (Å²) in [5.74, 6) is -1.43. The summed E-state index contributed by atoms with van der Waals surface area (Å²) in [7, 11) is -3.87. The summed E-state index contributed by atoms with van der Waals surface area (Å²) < 4.78 is 32.9. The molecule has 3 aromatic carbocycles. The summed E-state index contributed by atoms with van der Waals surface area (Å²) in [5.41, 5.74) is 1.54. The van der Waals surface area contributed by atoms with Gasteiger partial charge in [-0.05, 0) is 48.9 Å². The molecule has 3 aromatic rings. The number of benzene rings is 3. The highest BCUT2D eigenvalue weighted by Crippen LogP contribution is 2.15. The smallest absolute Gasteiger partial charge is 0.338 e. The molecule has 0 heterocycles. The molecular weight excluding hydrogens is 442 g/mol. The van der Waals surface area contributed by atoms with Crippen molar-refractivity contribution in [1.29, 1.82) is 5.26 Å². The Kier molecular flexibility index (Phi) is 7.56. The van der Waals surface area contributed by atoms with Crippen molar-refractivity contribution in [3.8, 4) is 6.07 Å². The number of carbonyl (C=O) groups excluding carboxylic acids is 2. The Morgan fingerprint density at radius 3 is 2.45 bits per heavy atom. The van der Waals surface area contributed by atoms with Crippen molar-refractivity contribution in [3.05, 3.63) is 95.6 Å². The third-order valence-electron chi connectivity index (χ3n) is 4.60. The molecule has 2 N–H and O–H groups in total. The molecule has 9 heteroatoms. The van der Waals surface area contributed by atoms with Crippen molar-refractivity contribution < 1.29 is 22.7 Å². The first-order valence-electron chi connectivity index (χ1n) is 9.94. The van der Waals surface area contributed by atoms with Crippen LogP contribution in [-0.2, 0) is 26.1 Å². The highest BCUT2D eigenvalue weighted by atomic mass is 32.2. The number of nitriles is 1. The number of nitrogens with zero attached hydrogens (tertiary/aromatic N) is 1. The summed E-state index contributed by atoms with van der Waals surface area (Å²) in [6.45, 7) is 1.49. The fourth-order valence-electron chi connectivity index (χ4n) is 2.84. The van der Waals surface area contributed by atoms with E-state index in [9.17, 15) is 18.0 Å². The molecule has 0 aromatic heterocycles. The number of amides is 1. The number of hydrogen-bond acceptors (Lipinski definition) is 6. The van der Waals surface area contributed by atoms with Gasteiger partial charge in [-0.1, -0.05) is 42.5 Å². The normalized spacial score (nSPS) is 11.8. The van der Waals surface area contributed by atoms with Crippen molar-refractivity contribution in [2.75, 3.05) is 5.32 Å². The Morgan fingerprint density at radius 1 is 1.00 bits per heavy atom. The largest absolute Gasteiger partial charge is 0.449 e. The third kappa shape index (κ3) is 6.49.